The third-order valence-electron chi connectivity index (χ3n) is 6.87. The molecule has 2 aliphatic heterocycles. The highest BCUT2D eigenvalue weighted by atomic mass is 16.2. The Balaban J connectivity index is 1.66. The predicted octanol–water partition coefficient (Wildman–Crippen LogP) is 4.67. The molecule has 1 unspecified atom stereocenters. The molecule has 0 aliphatic carbocycles. The molecule has 31 heavy (non-hydrogen) atoms. The van der Waals surface area contributed by atoms with Gasteiger partial charge in [-0.15, -0.1) is 0 Å². The lowest BCUT2D eigenvalue weighted by Gasteiger charge is -2.35. The largest absolute Gasteiger partial charge is 0.342 e. The zero-order valence-corrected chi connectivity index (χ0v) is 19.0. The highest BCUT2D eigenvalue weighted by Crippen LogP contribution is 2.34. The standard InChI is InChI=1S/C25H35N5O/c1-3-19(4-2)24(31)30-15-9-11-21(18-30)23-22(20-10-8-12-26-16-20)17-27-25(28-23)29-13-6-5-7-14-29/h8,10,12,16-17,19,21H,3-7,9,11,13-15,18H2,1-2H3. The molecule has 0 saturated carbocycles. The average Bonchev–Trinajstić information content (AvgIpc) is 2.85. The third kappa shape index (κ3) is 4.89. The van der Waals surface area contributed by atoms with E-state index in [2.05, 4.69) is 34.7 Å². The molecule has 0 N–H and O–H groups in total. The van der Waals surface area contributed by atoms with Crippen molar-refractivity contribution in [1.29, 1.82) is 0 Å². The number of carbonyl (C=O) groups excluding carboxylic acids is 1. The van der Waals surface area contributed by atoms with Gasteiger partial charge in [-0.1, -0.05) is 19.9 Å². The quantitative estimate of drug-likeness (QED) is 0.678. The number of nitrogens with zero attached hydrogens (tertiary/aromatic N) is 5. The normalized spacial score (nSPS) is 19.6. The van der Waals surface area contributed by atoms with Crippen LogP contribution in [0.15, 0.2) is 30.7 Å². The highest BCUT2D eigenvalue weighted by molar-refractivity contribution is 5.79. The fourth-order valence-electron chi connectivity index (χ4n) is 4.98. The van der Waals surface area contributed by atoms with Gasteiger partial charge in [-0.05, 0) is 51.0 Å². The first-order chi connectivity index (χ1) is 15.2. The summed E-state index contributed by atoms with van der Waals surface area (Å²) in [6, 6.07) is 4.03. The van der Waals surface area contributed by atoms with E-state index in [1.165, 1.54) is 19.3 Å². The number of pyridine rings is 1. The summed E-state index contributed by atoms with van der Waals surface area (Å²) in [6.07, 6.45) is 13.2. The van der Waals surface area contributed by atoms with Crippen molar-refractivity contribution in [2.75, 3.05) is 31.1 Å². The highest BCUT2D eigenvalue weighted by Gasteiger charge is 2.31. The maximum absolute atomic E-state index is 13.1. The molecule has 0 radical (unpaired) electrons. The van der Waals surface area contributed by atoms with Gasteiger partial charge < -0.3 is 9.80 Å². The number of anilines is 1. The first-order valence-corrected chi connectivity index (χ1v) is 12.0. The molecule has 2 fully saturated rings. The van der Waals surface area contributed by atoms with Crippen LogP contribution in [0.25, 0.3) is 11.1 Å². The summed E-state index contributed by atoms with van der Waals surface area (Å²) in [5.74, 6) is 1.51. The molecule has 166 valence electrons. The summed E-state index contributed by atoms with van der Waals surface area (Å²) < 4.78 is 0. The Hall–Kier alpha value is -2.50. The number of likely N-dealkylation sites (tertiary alicyclic amines) is 1. The monoisotopic (exact) mass is 421 g/mol. The number of hydrogen-bond acceptors (Lipinski definition) is 5. The van der Waals surface area contributed by atoms with Crippen LogP contribution in [0.5, 0.6) is 0 Å². The van der Waals surface area contributed by atoms with E-state index in [-0.39, 0.29) is 11.8 Å². The molecule has 2 saturated heterocycles. The van der Waals surface area contributed by atoms with Gasteiger partial charge in [0.15, 0.2) is 0 Å². The van der Waals surface area contributed by atoms with Crippen molar-refractivity contribution in [2.45, 2.75) is 64.7 Å². The summed E-state index contributed by atoms with van der Waals surface area (Å²) >= 11 is 0. The molecular weight excluding hydrogens is 386 g/mol. The van der Waals surface area contributed by atoms with E-state index in [0.29, 0.717) is 5.91 Å². The predicted molar refractivity (Wildman–Crippen MR) is 124 cm³/mol. The SMILES string of the molecule is CCC(CC)C(=O)N1CCCC(c2nc(N3CCCCC3)ncc2-c2cccnc2)C1. The number of hydrogen-bond donors (Lipinski definition) is 0. The van der Waals surface area contributed by atoms with Crippen LogP contribution < -0.4 is 4.90 Å². The second kappa shape index (κ2) is 10.2. The minimum absolute atomic E-state index is 0.130. The van der Waals surface area contributed by atoms with Crippen molar-refractivity contribution >= 4 is 11.9 Å². The number of rotatable bonds is 6. The van der Waals surface area contributed by atoms with Gasteiger partial charge in [0.05, 0.1) is 5.69 Å². The molecule has 0 bridgehead atoms. The van der Waals surface area contributed by atoms with Gasteiger partial charge in [0.2, 0.25) is 11.9 Å². The fourth-order valence-corrected chi connectivity index (χ4v) is 4.98. The van der Waals surface area contributed by atoms with Gasteiger partial charge in [-0.2, -0.15) is 0 Å². The topological polar surface area (TPSA) is 62.2 Å². The first-order valence-electron chi connectivity index (χ1n) is 12.0. The van der Waals surface area contributed by atoms with Crippen LogP contribution in [0.1, 0.15) is 70.4 Å². The lowest BCUT2D eigenvalue weighted by molar-refractivity contribution is -0.137. The van der Waals surface area contributed by atoms with Gasteiger partial charge in [0.1, 0.15) is 0 Å². The smallest absolute Gasteiger partial charge is 0.225 e. The Bertz CT molecular complexity index is 861. The molecule has 6 heteroatoms. The van der Waals surface area contributed by atoms with Crippen molar-refractivity contribution in [2.24, 2.45) is 5.92 Å². The van der Waals surface area contributed by atoms with Gasteiger partial charge in [-0.25, -0.2) is 9.97 Å². The van der Waals surface area contributed by atoms with Crippen molar-refractivity contribution in [3.05, 3.63) is 36.4 Å². The van der Waals surface area contributed by atoms with E-state index in [4.69, 9.17) is 9.97 Å². The Morgan fingerprint density at radius 3 is 2.61 bits per heavy atom. The van der Waals surface area contributed by atoms with Crippen LogP contribution in [0.3, 0.4) is 0 Å². The van der Waals surface area contributed by atoms with Crippen LogP contribution in [0.4, 0.5) is 5.95 Å². The van der Waals surface area contributed by atoms with Crippen molar-refractivity contribution in [1.82, 2.24) is 19.9 Å². The Kier molecular flexibility index (Phi) is 7.15. The van der Waals surface area contributed by atoms with E-state index >= 15 is 0 Å². The number of piperidine rings is 2. The summed E-state index contributed by atoms with van der Waals surface area (Å²) in [5, 5.41) is 0. The molecule has 0 aromatic carbocycles. The summed E-state index contributed by atoms with van der Waals surface area (Å²) in [4.78, 5) is 31.7. The number of aromatic nitrogens is 3. The zero-order valence-electron chi connectivity index (χ0n) is 19.0. The Morgan fingerprint density at radius 2 is 1.90 bits per heavy atom. The van der Waals surface area contributed by atoms with Crippen molar-refractivity contribution < 1.29 is 4.79 Å². The van der Waals surface area contributed by atoms with E-state index in [9.17, 15) is 4.79 Å². The van der Waals surface area contributed by atoms with Crippen molar-refractivity contribution in [3.63, 3.8) is 0 Å². The van der Waals surface area contributed by atoms with Crippen LogP contribution in [0.2, 0.25) is 0 Å². The maximum Gasteiger partial charge on any atom is 0.225 e. The third-order valence-corrected chi connectivity index (χ3v) is 6.87. The Morgan fingerprint density at radius 1 is 1.10 bits per heavy atom. The van der Waals surface area contributed by atoms with E-state index in [1.807, 2.05) is 18.5 Å². The fraction of sp³-hybridized carbons (Fsp3) is 0.600. The molecule has 4 rings (SSSR count). The molecule has 4 heterocycles. The Labute approximate surface area is 186 Å². The van der Waals surface area contributed by atoms with Crippen LogP contribution in [0, 0.1) is 5.92 Å². The van der Waals surface area contributed by atoms with E-state index < -0.39 is 0 Å². The number of carbonyl (C=O) groups is 1. The number of amides is 1. The molecule has 6 nitrogen and oxygen atoms in total. The molecule has 1 amide bonds. The molecule has 2 aromatic heterocycles. The zero-order chi connectivity index (χ0) is 21.6. The summed E-state index contributed by atoms with van der Waals surface area (Å²) in [6.45, 7) is 7.88. The average molecular weight is 422 g/mol. The second-order valence-corrected chi connectivity index (χ2v) is 8.90. The van der Waals surface area contributed by atoms with E-state index in [0.717, 1.165) is 74.6 Å². The first kappa shape index (κ1) is 21.7. The van der Waals surface area contributed by atoms with Crippen LogP contribution in [-0.2, 0) is 4.79 Å². The molecule has 1 atom stereocenters. The maximum atomic E-state index is 13.1. The van der Waals surface area contributed by atoms with Crippen LogP contribution >= 0.6 is 0 Å². The van der Waals surface area contributed by atoms with Gasteiger partial charge >= 0.3 is 0 Å². The summed E-state index contributed by atoms with van der Waals surface area (Å²) in [5.41, 5.74) is 3.17. The van der Waals surface area contributed by atoms with Crippen molar-refractivity contribution in [3.8, 4) is 11.1 Å². The molecular formula is C25H35N5O. The summed E-state index contributed by atoms with van der Waals surface area (Å²) in [7, 11) is 0. The van der Waals surface area contributed by atoms with E-state index in [1.54, 1.807) is 6.20 Å². The second-order valence-electron chi connectivity index (χ2n) is 8.90. The lowest BCUT2D eigenvalue weighted by Crippen LogP contribution is -2.42. The van der Waals surface area contributed by atoms with Gasteiger partial charge in [0.25, 0.3) is 0 Å². The molecule has 2 aromatic rings. The van der Waals surface area contributed by atoms with Gasteiger partial charge in [-0.3, -0.25) is 9.78 Å². The molecule has 2 aliphatic rings. The van der Waals surface area contributed by atoms with Gasteiger partial charge in [0, 0.05) is 67.7 Å². The molecule has 0 spiro atoms. The minimum Gasteiger partial charge on any atom is -0.342 e. The van der Waals surface area contributed by atoms with Crippen LogP contribution in [-0.4, -0.2) is 51.9 Å². The minimum atomic E-state index is 0.130. The lowest BCUT2D eigenvalue weighted by atomic mass is 9.89.